The molecule has 2 aromatic rings. The number of para-hydroxylation sites is 1. The van der Waals surface area contributed by atoms with Crippen LogP contribution in [0.1, 0.15) is 62.9 Å². The van der Waals surface area contributed by atoms with Crippen molar-refractivity contribution in [3.8, 4) is 5.75 Å². The molecule has 3 rings (SSSR count). The Hall–Kier alpha value is -3.01. The molecule has 162 valence electrons. The Balaban J connectivity index is 1.89. The lowest BCUT2D eigenvalue weighted by Gasteiger charge is -2.36. The second kappa shape index (κ2) is 9.01. The summed E-state index contributed by atoms with van der Waals surface area (Å²) in [5.41, 5.74) is 2.88. The lowest BCUT2D eigenvalue weighted by Crippen LogP contribution is -2.22. The van der Waals surface area contributed by atoms with Gasteiger partial charge in [-0.25, -0.2) is 13.6 Å². The molecule has 0 atom stereocenters. The molecule has 0 radical (unpaired) electrons. The molecule has 4 heteroatoms. The summed E-state index contributed by atoms with van der Waals surface area (Å²) in [5.74, 6) is -1.84. The average molecular weight is 423 g/mol. The minimum atomic E-state index is -0.819. The molecule has 0 saturated carbocycles. The molecule has 1 aliphatic carbocycles. The first kappa shape index (κ1) is 22.7. The number of hydrogen-bond donors (Lipinski definition) is 0. The molecule has 0 aliphatic heterocycles. The van der Waals surface area contributed by atoms with Crippen LogP contribution in [0.3, 0.4) is 0 Å². The van der Waals surface area contributed by atoms with Crippen molar-refractivity contribution in [2.75, 3.05) is 0 Å². The third kappa shape index (κ3) is 4.84. The molecular weight excluding hydrogens is 394 g/mol. The van der Waals surface area contributed by atoms with Gasteiger partial charge in [0.2, 0.25) is 0 Å². The summed E-state index contributed by atoms with van der Waals surface area (Å²) in [6.07, 6.45) is 3.05. The zero-order chi connectivity index (χ0) is 22.8. The van der Waals surface area contributed by atoms with Gasteiger partial charge in [-0.2, -0.15) is 0 Å². The predicted molar refractivity (Wildman–Crippen MR) is 121 cm³/mol. The second-order valence-electron chi connectivity index (χ2n) is 8.71. The highest BCUT2D eigenvalue weighted by Crippen LogP contribution is 2.46. The number of esters is 1. The SMILES string of the molecule is C=C(C1=C(C)CCCC1(C)C)/C(C)=C(\F)c1ccc(C(=O)Oc2ccccc2)cc1F. The van der Waals surface area contributed by atoms with Gasteiger partial charge in [-0.05, 0) is 85.6 Å². The molecule has 0 amide bonds. The maximum atomic E-state index is 15.3. The number of carbonyl (C=O) groups is 1. The first-order valence-corrected chi connectivity index (χ1v) is 10.4. The second-order valence-corrected chi connectivity index (χ2v) is 8.71. The molecule has 0 aromatic heterocycles. The van der Waals surface area contributed by atoms with Crippen LogP contribution < -0.4 is 4.74 Å². The lowest BCUT2D eigenvalue weighted by atomic mass is 9.69. The van der Waals surface area contributed by atoms with Gasteiger partial charge in [-0.15, -0.1) is 0 Å². The first-order chi connectivity index (χ1) is 14.6. The highest BCUT2D eigenvalue weighted by atomic mass is 19.1. The third-order valence-corrected chi connectivity index (χ3v) is 5.94. The van der Waals surface area contributed by atoms with Crippen molar-refractivity contribution in [1.82, 2.24) is 0 Å². The summed E-state index contributed by atoms with van der Waals surface area (Å²) in [5, 5.41) is 0. The van der Waals surface area contributed by atoms with Crippen molar-refractivity contribution in [2.45, 2.75) is 47.0 Å². The molecule has 0 spiro atoms. The Morgan fingerprint density at radius 2 is 1.81 bits per heavy atom. The van der Waals surface area contributed by atoms with E-state index in [4.69, 9.17) is 4.74 Å². The molecule has 0 bridgehead atoms. The molecule has 0 unspecified atom stereocenters. The molecule has 0 N–H and O–H groups in total. The Morgan fingerprint density at radius 1 is 1.13 bits per heavy atom. The predicted octanol–water partition coefficient (Wildman–Crippen LogP) is 7.83. The van der Waals surface area contributed by atoms with Crippen LogP contribution in [0.4, 0.5) is 8.78 Å². The summed E-state index contributed by atoms with van der Waals surface area (Å²) in [4.78, 5) is 12.3. The minimum Gasteiger partial charge on any atom is -0.423 e. The highest BCUT2D eigenvalue weighted by Gasteiger charge is 2.31. The fraction of sp³-hybridized carbons (Fsp3) is 0.296. The van der Waals surface area contributed by atoms with Crippen molar-refractivity contribution in [3.63, 3.8) is 0 Å². The van der Waals surface area contributed by atoms with E-state index < -0.39 is 17.6 Å². The van der Waals surface area contributed by atoms with Crippen LogP contribution in [-0.4, -0.2) is 5.97 Å². The number of carbonyl (C=O) groups excluding carboxylic acids is 1. The van der Waals surface area contributed by atoms with Gasteiger partial charge in [0, 0.05) is 5.56 Å². The van der Waals surface area contributed by atoms with Crippen molar-refractivity contribution in [1.29, 1.82) is 0 Å². The number of benzene rings is 2. The van der Waals surface area contributed by atoms with Crippen LogP contribution in [0.15, 0.2) is 77.4 Å². The molecule has 0 fully saturated rings. The monoisotopic (exact) mass is 422 g/mol. The fourth-order valence-corrected chi connectivity index (χ4v) is 4.29. The van der Waals surface area contributed by atoms with Gasteiger partial charge < -0.3 is 4.74 Å². The Labute approximate surface area is 182 Å². The molecule has 1 aliphatic rings. The van der Waals surface area contributed by atoms with Crippen LogP contribution in [0.25, 0.3) is 5.83 Å². The largest absolute Gasteiger partial charge is 0.423 e. The number of hydrogen-bond acceptors (Lipinski definition) is 2. The van der Waals surface area contributed by atoms with Gasteiger partial charge in [0.05, 0.1) is 5.56 Å². The van der Waals surface area contributed by atoms with Gasteiger partial charge in [0.15, 0.2) is 0 Å². The molecule has 2 aromatic carbocycles. The molecule has 31 heavy (non-hydrogen) atoms. The lowest BCUT2D eigenvalue weighted by molar-refractivity contribution is 0.0734. The smallest absolute Gasteiger partial charge is 0.343 e. The maximum Gasteiger partial charge on any atom is 0.343 e. The highest BCUT2D eigenvalue weighted by molar-refractivity contribution is 5.91. The molecular formula is C27H28F2O2. The Kier molecular flexibility index (Phi) is 6.59. The van der Waals surface area contributed by atoms with E-state index in [9.17, 15) is 9.18 Å². The molecule has 0 saturated heterocycles. The van der Waals surface area contributed by atoms with E-state index >= 15 is 4.39 Å². The standard InChI is InChI=1S/C27H28F2O2/c1-17-10-9-15-27(4,5)24(17)18(2)19(3)25(29)22-14-13-20(16-23(22)28)26(30)31-21-11-7-6-8-12-21/h6-8,11-14,16H,2,9-10,15H2,1,3-5H3/b25-19-. The van der Waals surface area contributed by atoms with E-state index in [1.54, 1.807) is 37.3 Å². The number of allylic oxidation sites excluding steroid dienone is 4. The van der Waals surface area contributed by atoms with Crippen LogP contribution in [0.2, 0.25) is 0 Å². The maximum absolute atomic E-state index is 15.3. The average Bonchev–Trinajstić information content (AvgIpc) is 2.72. The van der Waals surface area contributed by atoms with Crippen molar-refractivity contribution in [2.24, 2.45) is 5.41 Å². The normalized spacial score (nSPS) is 16.6. The van der Waals surface area contributed by atoms with Crippen molar-refractivity contribution < 1.29 is 18.3 Å². The van der Waals surface area contributed by atoms with Crippen molar-refractivity contribution in [3.05, 3.63) is 94.3 Å². The quantitative estimate of drug-likeness (QED) is 0.279. The van der Waals surface area contributed by atoms with Gasteiger partial charge in [-0.3, -0.25) is 0 Å². The van der Waals surface area contributed by atoms with Crippen LogP contribution in [0.5, 0.6) is 5.75 Å². The number of rotatable bonds is 5. The van der Waals surface area contributed by atoms with E-state index in [1.807, 2.05) is 0 Å². The third-order valence-electron chi connectivity index (χ3n) is 5.94. The van der Waals surface area contributed by atoms with E-state index in [0.29, 0.717) is 16.9 Å². The van der Waals surface area contributed by atoms with Crippen molar-refractivity contribution >= 4 is 11.8 Å². The van der Waals surface area contributed by atoms with Crippen LogP contribution in [0, 0.1) is 11.2 Å². The zero-order valence-electron chi connectivity index (χ0n) is 18.5. The van der Waals surface area contributed by atoms with E-state index in [0.717, 1.165) is 30.9 Å². The van der Waals surface area contributed by atoms with Gasteiger partial charge in [-0.1, -0.05) is 44.2 Å². The van der Waals surface area contributed by atoms with E-state index in [1.165, 1.54) is 17.7 Å². The van der Waals surface area contributed by atoms with Crippen LogP contribution >= 0.6 is 0 Å². The van der Waals surface area contributed by atoms with E-state index in [-0.39, 0.29) is 16.5 Å². The van der Waals surface area contributed by atoms with E-state index in [2.05, 4.69) is 27.4 Å². The molecule has 2 nitrogen and oxygen atoms in total. The van der Waals surface area contributed by atoms with Crippen LogP contribution in [-0.2, 0) is 0 Å². The summed E-state index contributed by atoms with van der Waals surface area (Å²) in [7, 11) is 0. The minimum absolute atomic E-state index is 0.0151. The number of ether oxygens (including phenoxy) is 1. The molecule has 0 heterocycles. The fourth-order valence-electron chi connectivity index (χ4n) is 4.29. The van der Waals surface area contributed by atoms with Gasteiger partial charge >= 0.3 is 5.97 Å². The Bertz CT molecular complexity index is 1080. The first-order valence-electron chi connectivity index (χ1n) is 10.4. The summed E-state index contributed by atoms with van der Waals surface area (Å²) >= 11 is 0. The topological polar surface area (TPSA) is 26.3 Å². The summed E-state index contributed by atoms with van der Waals surface area (Å²) < 4.78 is 35.3. The van der Waals surface area contributed by atoms with Gasteiger partial charge in [0.1, 0.15) is 17.4 Å². The van der Waals surface area contributed by atoms with Gasteiger partial charge in [0.25, 0.3) is 0 Å². The summed E-state index contributed by atoms with van der Waals surface area (Å²) in [6, 6.07) is 12.2. The summed E-state index contributed by atoms with van der Waals surface area (Å²) in [6.45, 7) is 12.1. The number of halogens is 2. The zero-order valence-corrected chi connectivity index (χ0v) is 18.5. The Morgan fingerprint density at radius 3 is 2.42 bits per heavy atom.